The third-order valence-electron chi connectivity index (χ3n) is 5.20. The minimum atomic E-state index is -3.46. The number of benzene rings is 2. The number of carbonyl (C=O) groups is 1. The fraction of sp³-hybridized carbons (Fsp3) is 0.435. The number of halogens is 1. The molecule has 0 aliphatic rings. The molecule has 5 nitrogen and oxygen atoms in total. The lowest BCUT2D eigenvalue weighted by Gasteiger charge is -2.18. The topological polar surface area (TPSA) is 66.5 Å². The maximum Gasteiger partial charge on any atom is 0.243 e. The quantitative estimate of drug-likeness (QED) is 0.494. The van der Waals surface area contributed by atoms with Gasteiger partial charge in [0, 0.05) is 29.7 Å². The zero-order valence-corrected chi connectivity index (χ0v) is 20.6. The molecule has 0 aromatic heterocycles. The van der Waals surface area contributed by atoms with Gasteiger partial charge in [-0.2, -0.15) is 4.31 Å². The molecule has 0 bridgehead atoms. The Balaban J connectivity index is 2.06. The van der Waals surface area contributed by atoms with E-state index in [0.717, 1.165) is 39.7 Å². The second kappa shape index (κ2) is 11.1. The van der Waals surface area contributed by atoms with Crippen molar-refractivity contribution >= 4 is 37.5 Å². The second-order valence-electron chi connectivity index (χ2n) is 7.09. The molecule has 2 rings (SSSR count). The highest BCUT2D eigenvalue weighted by Gasteiger charge is 2.21. The maximum atomic E-state index is 12.6. The molecule has 30 heavy (non-hydrogen) atoms. The molecule has 7 heteroatoms. The third kappa shape index (κ3) is 5.93. The SMILES string of the molecule is CCc1cc(Br)cc(CC)c1NC(=O)CCc1ccc(S(=O)(=O)N(CC)CC)cc1. The summed E-state index contributed by atoms with van der Waals surface area (Å²) in [7, 11) is -3.46. The van der Waals surface area contributed by atoms with E-state index in [4.69, 9.17) is 0 Å². The van der Waals surface area contributed by atoms with Gasteiger partial charge in [-0.3, -0.25) is 4.79 Å². The molecule has 164 valence electrons. The van der Waals surface area contributed by atoms with E-state index in [1.54, 1.807) is 24.3 Å². The Bertz CT molecular complexity index is 943. The monoisotopic (exact) mass is 494 g/mol. The van der Waals surface area contributed by atoms with E-state index in [2.05, 4.69) is 35.1 Å². The number of sulfonamides is 1. The van der Waals surface area contributed by atoms with Crippen molar-refractivity contribution in [3.63, 3.8) is 0 Å². The largest absolute Gasteiger partial charge is 0.326 e. The van der Waals surface area contributed by atoms with E-state index >= 15 is 0 Å². The summed E-state index contributed by atoms with van der Waals surface area (Å²) < 4.78 is 27.6. The van der Waals surface area contributed by atoms with Crippen LogP contribution in [-0.2, 0) is 34.1 Å². The molecule has 0 aliphatic carbocycles. The summed E-state index contributed by atoms with van der Waals surface area (Å²) in [4.78, 5) is 12.9. The molecule has 2 aromatic carbocycles. The first-order chi connectivity index (χ1) is 14.3. The lowest BCUT2D eigenvalue weighted by Crippen LogP contribution is -2.30. The minimum Gasteiger partial charge on any atom is -0.326 e. The van der Waals surface area contributed by atoms with Gasteiger partial charge in [-0.15, -0.1) is 0 Å². The van der Waals surface area contributed by atoms with Crippen molar-refractivity contribution in [2.45, 2.75) is 58.3 Å². The van der Waals surface area contributed by atoms with Crippen molar-refractivity contribution in [3.8, 4) is 0 Å². The highest BCUT2D eigenvalue weighted by molar-refractivity contribution is 9.10. The zero-order chi connectivity index (χ0) is 22.3. The van der Waals surface area contributed by atoms with E-state index in [-0.39, 0.29) is 10.8 Å². The Morgan fingerprint density at radius 2 is 1.50 bits per heavy atom. The van der Waals surface area contributed by atoms with Gasteiger partial charge in [0.15, 0.2) is 0 Å². The summed E-state index contributed by atoms with van der Waals surface area (Å²) in [6, 6.07) is 10.9. The van der Waals surface area contributed by atoms with Crippen LogP contribution in [0.1, 0.15) is 50.8 Å². The molecule has 0 saturated heterocycles. The molecule has 0 unspecified atom stereocenters. The predicted octanol–water partition coefficient (Wildman–Crippen LogP) is 5.18. The van der Waals surface area contributed by atoms with Crippen molar-refractivity contribution in [1.29, 1.82) is 0 Å². The van der Waals surface area contributed by atoms with Gasteiger partial charge in [-0.1, -0.05) is 55.8 Å². The van der Waals surface area contributed by atoms with Crippen LogP contribution in [0.15, 0.2) is 45.8 Å². The number of nitrogens with one attached hydrogen (secondary N) is 1. The Labute approximate surface area is 189 Å². The van der Waals surface area contributed by atoms with Gasteiger partial charge in [-0.25, -0.2) is 8.42 Å². The Kier molecular flexibility index (Phi) is 9.07. The van der Waals surface area contributed by atoms with Crippen molar-refractivity contribution in [2.24, 2.45) is 0 Å². The molecular weight excluding hydrogens is 464 g/mol. The van der Waals surface area contributed by atoms with Gasteiger partial charge in [-0.05, 0) is 60.2 Å². The smallest absolute Gasteiger partial charge is 0.243 e. The average Bonchev–Trinajstić information content (AvgIpc) is 2.74. The van der Waals surface area contributed by atoms with Gasteiger partial charge >= 0.3 is 0 Å². The highest BCUT2D eigenvalue weighted by atomic mass is 79.9. The van der Waals surface area contributed by atoms with E-state index < -0.39 is 10.0 Å². The lowest BCUT2D eigenvalue weighted by molar-refractivity contribution is -0.116. The molecule has 1 N–H and O–H groups in total. The van der Waals surface area contributed by atoms with Crippen LogP contribution in [0.2, 0.25) is 0 Å². The molecule has 0 spiro atoms. The van der Waals surface area contributed by atoms with Crippen molar-refractivity contribution in [1.82, 2.24) is 4.31 Å². The molecule has 0 saturated carbocycles. The molecule has 1 amide bonds. The first kappa shape index (κ1) is 24.6. The molecule has 2 aromatic rings. The van der Waals surface area contributed by atoms with Crippen LogP contribution in [0.5, 0.6) is 0 Å². The van der Waals surface area contributed by atoms with Gasteiger partial charge in [0.2, 0.25) is 15.9 Å². The van der Waals surface area contributed by atoms with Crippen LogP contribution in [0.4, 0.5) is 5.69 Å². The summed E-state index contributed by atoms with van der Waals surface area (Å²) >= 11 is 3.54. The third-order valence-corrected chi connectivity index (χ3v) is 7.72. The number of hydrogen-bond acceptors (Lipinski definition) is 3. The Morgan fingerprint density at radius 1 is 0.967 bits per heavy atom. The van der Waals surface area contributed by atoms with Crippen LogP contribution >= 0.6 is 15.9 Å². The molecule has 0 atom stereocenters. The predicted molar refractivity (Wildman–Crippen MR) is 126 cm³/mol. The number of anilines is 1. The van der Waals surface area contributed by atoms with E-state index in [1.165, 1.54) is 4.31 Å². The van der Waals surface area contributed by atoms with Gasteiger partial charge < -0.3 is 5.32 Å². The van der Waals surface area contributed by atoms with Crippen molar-refractivity contribution < 1.29 is 13.2 Å². The first-order valence-electron chi connectivity index (χ1n) is 10.5. The molecule has 0 heterocycles. The summed E-state index contributed by atoms with van der Waals surface area (Å²) in [6.45, 7) is 8.68. The van der Waals surface area contributed by atoms with E-state index in [9.17, 15) is 13.2 Å². The Hall–Kier alpha value is -1.70. The van der Waals surface area contributed by atoms with Crippen LogP contribution in [0, 0.1) is 0 Å². The zero-order valence-electron chi connectivity index (χ0n) is 18.2. The molecular formula is C23H31BrN2O3S. The van der Waals surface area contributed by atoms with E-state index in [0.29, 0.717) is 25.9 Å². The van der Waals surface area contributed by atoms with Crippen LogP contribution in [-0.4, -0.2) is 31.7 Å². The van der Waals surface area contributed by atoms with Crippen LogP contribution < -0.4 is 5.32 Å². The summed E-state index contributed by atoms with van der Waals surface area (Å²) in [6.07, 6.45) is 2.57. The number of carbonyl (C=O) groups excluding carboxylic acids is 1. The fourth-order valence-electron chi connectivity index (χ4n) is 3.44. The first-order valence-corrected chi connectivity index (χ1v) is 12.7. The lowest BCUT2D eigenvalue weighted by atomic mass is 10.0. The maximum absolute atomic E-state index is 12.6. The number of aryl methyl sites for hydroxylation is 3. The van der Waals surface area contributed by atoms with E-state index in [1.807, 2.05) is 26.0 Å². The Morgan fingerprint density at radius 3 is 1.97 bits per heavy atom. The fourth-order valence-corrected chi connectivity index (χ4v) is 5.45. The van der Waals surface area contributed by atoms with Gasteiger partial charge in [0.25, 0.3) is 0 Å². The van der Waals surface area contributed by atoms with Crippen molar-refractivity contribution in [2.75, 3.05) is 18.4 Å². The standard InChI is InChI=1S/C23H31BrN2O3S/c1-5-18-15-20(24)16-19(6-2)23(18)25-22(27)14-11-17-9-12-21(13-10-17)30(28,29)26(7-3)8-4/h9-10,12-13,15-16H,5-8,11,14H2,1-4H3,(H,25,27). The minimum absolute atomic E-state index is 0.0402. The molecule has 0 radical (unpaired) electrons. The van der Waals surface area contributed by atoms with Crippen LogP contribution in [0.25, 0.3) is 0 Å². The second-order valence-corrected chi connectivity index (χ2v) is 9.94. The van der Waals surface area contributed by atoms with Crippen LogP contribution in [0.3, 0.4) is 0 Å². The number of nitrogens with zero attached hydrogens (tertiary/aromatic N) is 1. The number of hydrogen-bond donors (Lipinski definition) is 1. The number of rotatable bonds is 10. The summed E-state index contributed by atoms with van der Waals surface area (Å²) in [5.74, 6) is -0.0402. The molecule has 0 fully saturated rings. The summed E-state index contributed by atoms with van der Waals surface area (Å²) in [5.41, 5.74) is 4.07. The normalized spacial score (nSPS) is 11.7. The van der Waals surface area contributed by atoms with Gasteiger partial charge in [0.1, 0.15) is 0 Å². The summed E-state index contributed by atoms with van der Waals surface area (Å²) in [5, 5.41) is 3.08. The van der Waals surface area contributed by atoms with Gasteiger partial charge in [0.05, 0.1) is 4.90 Å². The highest BCUT2D eigenvalue weighted by Crippen LogP contribution is 2.28. The molecule has 0 aliphatic heterocycles. The van der Waals surface area contributed by atoms with Crippen molar-refractivity contribution in [3.05, 3.63) is 57.6 Å². The average molecular weight is 495 g/mol. The number of amides is 1.